The highest BCUT2D eigenvalue weighted by Gasteiger charge is 2.36. The monoisotopic (exact) mass is 364 g/mol. The number of hydrogen-bond acceptors (Lipinski definition) is 6. The van der Waals surface area contributed by atoms with Gasteiger partial charge in [-0.1, -0.05) is 24.3 Å². The lowest BCUT2D eigenvalue weighted by atomic mass is 9.82. The molecular weight excluding hydrogens is 344 g/mol. The summed E-state index contributed by atoms with van der Waals surface area (Å²) < 4.78 is 15.9. The van der Waals surface area contributed by atoms with Gasteiger partial charge in [0.1, 0.15) is 23.2 Å². The van der Waals surface area contributed by atoms with E-state index in [4.69, 9.17) is 19.9 Å². The van der Waals surface area contributed by atoms with E-state index in [0.29, 0.717) is 5.76 Å². The fourth-order valence-electron chi connectivity index (χ4n) is 3.24. The van der Waals surface area contributed by atoms with Gasteiger partial charge in [0.05, 0.1) is 25.2 Å². The van der Waals surface area contributed by atoms with E-state index in [2.05, 4.69) is 6.07 Å². The van der Waals surface area contributed by atoms with Crippen LogP contribution in [-0.4, -0.2) is 19.7 Å². The molecule has 1 unspecified atom stereocenters. The molecule has 3 rings (SSSR count). The van der Waals surface area contributed by atoms with Crippen molar-refractivity contribution >= 4 is 16.7 Å². The van der Waals surface area contributed by atoms with Gasteiger partial charge in [-0.3, -0.25) is 0 Å². The molecule has 0 spiro atoms. The third-order valence-electron chi connectivity index (χ3n) is 4.51. The maximum atomic E-state index is 12.6. The number of nitrogens with two attached hydrogens (primary N) is 1. The van der Waals surface area contributed by atoms with Gasteiger partial charge >= 0.3 is 5.97 Å². The highest BCUT2D eigenvalue weighted by Crippen LogP contribution is 2.40. The molecule has 1 heterocycles. The first-order chi connectivity index (χ1) is 13.0. The number of fused-ring (bicyclic) bond motifs is 1. The summed E-state index contributed by atoms with van der Waals surface area (Å²) in [5.41, 5.74) is 7.17. The van der Waals surface area contributed by atoms with Crippen LogP contribution < -0.4 is 10.5 Å². The molecule has 0 radical (unpaired) electrons. The van der Waals surface area contributed by atoms with Crippen molar-refractivity contribution in [1.82, 2.24) is 0 Å². The first-order valence-electron chi connectivity index (χ1n) is 8.53. The van der Waals surface area contributed by atoms with Crippen LogP contribution in [0.25, 0.3) is 10.8 Å². The number of benzene rings is 2. The van der Waals surface area contributed by atoms with Gasteiger partial charge in [0.25, 0.3) is 0 Å². The van der Waals surface area contributed by atoms with E-state index >= 15 is 0 Å². The quantitative estimate of drug-likeness (QED) is 0.835. The summed E-state index contributed by atoms with van der Waals surface area (Å²) >= 11 is 0. The van der Waals surface area contributed by atoms with E-state index in [1.165, 1.54) is 0 Å². The van der Waals surface area contributed by atoms with Crippen molar-refractivity contribution in [3.63, 3.8) is 0 Å². The van der Waals surface area contributed by atoms with Crippen LogP contribution in [0.2, 0.25) is 0 Å². The summed E-state index contributed by atoms with van der Waals surface area (Å²) in [6.45, 7) is 3.60. The van der Waals surface area contributed by atoms with Crippen molar-refractivity contribution in [1.29, 1.82) is 5.26 Å². The minimum Gasteiger partial charge on any atom is -0.497 e. The minimum absolute atomic E-state index is 0.00266. The molecule has 0 fully saturated rings. The molecule has 0 saturated carbocycles. The Hall–Kier alpha value is -3.46. The maximum Gasteiger partial charge on any atom is 0.338 e. The summed E-state index contributed by atoms with van der Waals surface area (Å²) in [5.74, 6) is -0.0665. The van der Waals surface area contributed by atoms with E-state index in [-0.39, 0.29) is 23.6 Å². The Morgan fingerprint density at radius 3 is 2.63 bits per heavy atom. The third kappa shape index (κ3) is 3.32. The van der Waals surface area contributed by atoms with Crippen LogP contribution >= 0.6 is 0 Å². The van der Waals surface area contributed by atoms with Gasteiger partial charge < -0.3 is 19.9 Å². The zero-order chi connectivity index (χ0) is 19.6. The lowest BCUT2D eigenvalue weighted by molar-refractivity contribution is -0.139. The Balaban J connectivity index is 2.17. The molecule has 0 amide bonds. The molecule has 2 N–H and O–H groups in total. The number of esters is 1. The predicted octanol–water partition coefficient (Wildman–Crippen LogP) is 3.49. The first kappa shape index (κ1) is 18.3. The fourth-order valence-corrected chi connectivity index (χ4v) is 3.24. The molecule has 2 aromatic rings. The average molecular weight is 364 g/mol. The lowest BCUT2D eigenvalue weighted by Gasteiger charge is -2.27. The number of nitriles is 1. The van der Waals surface area contributed by atoms with Gasteiger partial charge in [-0.2, -0.15) is 5.26 Å². The second kappa shape index (κ2) is 7.42. The van der Waals surface area contributed by atoms with E-state index in [1.54, 1.807) is 21.0 Å². The maximum absolute atomic E-state index is 12.6. The second-order valence-electron chi connectivity index (χ2n) is 6.09. The van der Waals surface area contributed by atoms with Crippen molar-refractivity contribution in [2.24, 2.45) is 5.73 Å². The normalized spacial score (nSPS) is 16.7. The highest BCUT2D eigenvalue weighted by atomic mass is 16.5. The molecule has 1 aliphatic heterocycles. The molecule has 0 bridgehead atoms. The number of hydrogen-bond donors (Lipinski definition) is 1. The lowest BCUT2D eigenvalue weighted by Crippen LogP contribution is -2.25. The van der Waals surface area contributed by atoms with Crippen molar-refractivity contribution in [3.8, 4) is 11.8 Å². The van der Waals surface area contributed by atoms with Crippen LogP contribution in [0.5, 0.6) is 5.75 Å². The number of rotatable bonds is 4. The Labute approximate surface area is 157 Å². The van der Waals surface area contributed by atoms with Crippen LogP contribution in [-0.2, 0) is 14.3 Å². The molecule has 27 heavy (non-hydrogen) atoms. The minimum atomic E-state index is -0.644. The Morgan fingerprint density at radius 2 is 1.96 bits per heavy atom. The number of allylic oxidation sites excluding steroid dienone is 2. The number of ether oxygens (including phenoxy) is 3. The molecule has 1 aliphatic rings. The van der Waals surface area contributed by atoms with Gasteiger partial charge in [0.15, 0.2) is 0 Å². The number of methoxy groups -OCH3 is 1. The Morgan fingerprint density at radius 1 is 1.26 bits per heavy atom. The van der Waals surface area contributed by atoms with E-state index in [9.17, 15) is 10.1 Å². The molecule has 0 aromatic heterocycles. The second-order valence-corrected chi connectivity index (χ2v) is 6.09. The zero-order valence-electron chi connectivity index (χ0n) is 15.4. The molecule has 6 nitrogen and oxygen atoms in total. The summed E-state index contributed by atoms with van der Waals surface area (Å²) in [6.07, 6.45) is 0. The van der Waals surface area contributed by atoms with Crippen LogP contribution in [0.3, 0.4) is 0 Å². The molecular formula is C21H20N2O4. The van der Waals surface area contributed by atoms with Crippen LogP contribution in [0, 0.1) is 11.3 Å². The highest BCUT2D eigenvalue weighted by molar-refractivity contribution is 5.93. The fraction of sp³-hybridized carbons (Fsp3) is 0.238. The standard InChI is InChI=1S/C21H20N2O4/c1-4-26-21(24)18-12(2)27-20(23)17(11-22)19(18)15-6-5-14-10-16(25-3)8-7-13(14)9-15/h5-10,19H,4,23H2,1-3H3. The van der Waals surface area contributed by atoms with Crippen molar-refractivity contribution in [3.05, 3.63) is 64.8 Å². The smallest absolute Gasteiger partial charge is 0.338 e. The topological polar surface area (TPSA) is 94.6 Å². The molecule has 6 heteroatoms. The molecule has 138 valence electrons. The van der Waals surface area contributed by atoms with Gasteiger partial charge in [0, 0.05) is 0 Å². The Bertz CT molecular complexity index is 1010. The van der Waals surface area contributed by atoms with Crippen LogP contribution in [0.1, 0.15) is 25.3 Å². The first-order valence-corrected chi connectivity index (χ1v) is 8.53. The summed E-state index contributed by atoms with van der Waals surface area (Å²) in [5, 5.41) is 11.6. The van der Waals surface area contributed by atoms with Crippen molar-refractivity contribution < 1.29 is 19.0 Å². The molecule has 1 atom stereocenters. The largest absolute Gasteiger partial charge is 0.497 e. The van der Waals surface area contributed by atoms with Crippen molar-refractivity contribution in [2.45, 2.75) is 19.8 Å². The molecule has 0 aliphatic carbocycles. The van der Waals surface area contributed by atoms with Gasteiger partial charge in [0.2, 0.25) is 5.88 Å². The number of carbonyl (C=O) groups excluding carboxylic acids is 1. The predicted molar refractivity (Wildman–Crippen MR) is 100 cm³/mol. The van der Waals surface area contributed by atoms with Gasteiger partial charge in [-0.25, -0.2) is 4.79 Å². The van der Waals surface area contributed by atoms with Gasteiger partial charge in [-0.15, -0.1) is 0 Å². The van der Waals surface area contributed by atoms with Gasteiger partial charge in [-0.05, 0) is 42.3 Å². The number of nitrogens with zero attached hydrogens (tertiary/aromatic N) is 1. The van der Waals surface area contributed by atoms with E-state index in [0.717, 1.165) is 22.1 Å². The third-order valence-corrected chi connectivity index (χ3v) is 4.51. The van der Waals surface area contributed by atoms with E-state index < -0.39 is 11.9 Å². The van der Waals surface area contributed by atoms with Crippen LogP contribution in [0.4, 0.5) is 0 Å². The molecule has 2 aromatic carbocycles. The van der Waals surface area contributed by atoms with E-state index in [1.807, 2.05) is 36.4 Å². The average Bonchev–Trinajstić information content (AvgIpc) is 2.66. The summed E-state index contributed by atoms with van der Waals surface area (Å²) in [6, 6.07) is 13.5. The summed E-state index contributed by atoms with van der Waals surface area (Å²) in [7, 11) is 1.61. The zero-order valence-corrected chi connectivity index (χ0v) is 15.4. The SMILES string of the molecule is CCOC(=O)C1=C(C)OC(N)=C(C#N)C1c1ccc2cc(OC)ccc2c1. The Kier molecular flexibility index (Phi) is 5.04. The molecule has 0 saturated heterocycles. The number of carbonyl (C=O) groups is 1. The van der Waals surface area contributed by atoms with Crippen LogP contribution in [0.15, 0.2) is 59.2 Å². The van der Waals surface area contributed by atoms with Crippen molar-refractivity contribution in [2.75, 3.05) is 13.7 Å². The summed E-state index contributed by atoms with van der Waals surface area (Å²) in [4.78, 5) is 12.6.